The number of amides is 1. The summed E-state index contributed by atoms with van der Waals surface area (Å²) in [5.74, 6) is 0.785. The smallest absolute Gasteiger partial charge is 0.256 e. The number of anilines is 1. The van der Waals surface area contributed by atoms with Crippen LogP contribution in [0.5, 0.6) is 0 Å². The molecule has 2 atom stereocenters. The van der Waals surface area contributed by atoms with E-state index < -0.39 is 0 Å². The highest BCUT2D eigenvalue weighted by atomic mass is 32.1. The zero-order chi connectivity index (χ0) is 15.8. The third-order valence-electron chi connectivity index (χ3n) is 4.59. The Morgan fingerprint density at radius 3 is 2.87 bits per heavy atom. The van der Waals surface area contributed by atoms with E-state index in [1.54, 1.807) is 11.3 Å². The van der Waals surface area contributed by atoms with Crippen molar-refractivity contribution in [3.8, 4) is 0 Å². The quantitative estimate of drug-likeness (QED) is 0.874. The van der Waals surface area contributed by atoms with Crippen molar-refractivity contribution in [2.75, 3.05) is 5.32 Å². The lowest BCUT2D eigenvalue weighted by Crippen LogP contribution is -2.43. The molecule has 2 aromatic rings. The maximum absolute atomic E-state index is 12.5. The SMILES string of the molecule is C[C@@H]1CCc2c(sc3c2C(=O)N[C@@H](/C=C/c2ccccc2)N3)C1. The predicted octanol–water partition coefficient (Wildman–Crippen LogP) is 4.07. The highest BCUT2D eigenvalue weighted by Gasteiger charge is 2.31. The van der Waals surface area contributed by atoms with Gasteiger partial charge in [0.05, 0.1) is 5.56 Å². The fourth-order valence-electron chi connectivity index (χ4n) is 3.35. The molecule has 23 heavy (non-hydrogen) atoms. The van der Waals surface area contributed by atoms with Gasteiger partial charge >= 0.3 is 0 Å². The first-order chi connectivity index (χ1) is 11.2. The Morgan fingerprint density at radius 2 is 2.04 bits per heavy atom. The average molecular weight is 324 g/mol. The van der Waals surface area contributed by atoms with Crippen molar-refractivity contribution in [2.45, 2.75) is 32.4 Å². The molecular formula is C19H20N2OS. The predicted molar refractivity (Wildman–Crippen MR) is 95.9 cm³/mol. The molecule has 1 aromatic heterocycles. The molecule has 0 spiro atoms. The highest BCUT2D eigenvalue weighted by molar-refractivity contribution is 7.16. The number of nitrogens with one attached hydrogen (secondary N) is 2. The minimum absolute atomic E-state index is 0.0634. The third-order valence-corrected chi connectivity index (χ3v) is 5.78. The second kappa shape index (κ2) is 5.85. The van der Waals surface area contributed by atoms with Crippen LogP contribution in [0.2, 0.25) is 0 Å². The topological polar surface area (TPSA) is 41.1 Å². The van der Waals surface area contributed by atoms with Gasteiger partial charge in [0.15, 0.2) is 0 Å². The Morgan fingerprint density at radius 1 is 1.22 bits per heavy atom. The number of fused-ring (bicyclic) bond motifs is 3. The lowest BCUT2D eigenvalue weighted by atomic mass is 9.88. The van der Waals surface area contributed by atoms with Crippen LogP contribution in [-0.2, 0) is 12.8 Å². The van der Waals surface area contributed by atoms with Gasteiger partial charge in [-0.1, -0.05) is 43.3 Å². The molecule has 118 valence electrons. The Kier molecular flexibility index (Phi) is 3.69. The fraction of sp³-hybridized carbons (Fsp3) is 0.316. The van der Waals surface area contributed by atoms with E-state index in [2.05, 4.69) is 29.7 Å². The van der Waals surface area contributed by atoms with Crippen LogP contribution in [0.15, 0.2) is 36.4 Å². The Balaban J connectivity index is 1.58. The molecule has 4 rings (SSSR count). The fourth-order valence-corrected chi connectivity index (χ4v) is 4.80. The van der Waals surface area contributed by atoms with Crippen LogP contribution in [-0.4, -0.2) is 12.1 Å². The summed E-state index contributed by atoms with van der Waals surface area (Å²) in [4.78, 5) is 13.9. The minimum Gasteiger partial charge on any atom is -0.353 e. The van der Waals surface area contributed by atoms with Crippen molar-refractivity contribution in [1.29, 1.82) is 0 Å². The molecule has 0 radical (unpaired) electrons. The van der Waals surface area contributed by atoms with Gasteiger partial charge in [-0.3, -0.25) is 4.79 Å². The van der Waals surface area contributed by atoms with Crippen molar-refractivity contribution in [3.63, 3.8) is 0 Å². The van der Waals surface area contributed by atoms with Gasteiger partial charge in [-0.15, -0.1) is 11.3 Å². The molecule has 0 bridgehead atoms. The monoisotopic (exact) mass is 324 g/mol. The van der Waals surface area contributed by atoms with Crippen molar-refractivity contribution in [3.05, 3.63) is 58.0 Å². The van der Waals surface area contributed by atoms with E-state index >= 15 is 0 Å². The van der Waals surface area contributed by atoms with E-state index in [1.807, 2.05) is 30.4 Å². The van der Waals surface area contributed by atoms with Gasteiger partial charge in [-0.25, -0.2) is 0 Å². The van der Waals surface area contributed by atoms with Crippen molar-refractivity contribution < 1.29 is 4.79 Å². The molecule has 1 amide bonds. The van der Waals surface area contributed by atoms with E-state index in [9.17, 15) is 4.79 Å². The first-order valence-corrected chi connectivity index (χ1v) is 8.97. The molecule has 0 fully saturated rings. The van der Waals surface area contributed by atoms with Crippen LogP contribution in [0.25, 0.3) is 6.08 Å². The summed E-state index contributed by atoms with van der Waals surface area (Å²) in [7, 11) is 0. The second-order valence-corrected chi connectivity index (χ2v) is 7.53. The average Bonchev–Trinajstić information content (AvgIpc) is 2.91. The van der Waals surface area contributed by atoms with Gasteiger partial charge < -0.3 is 10.6 Å². The zero-order valence-corrected chi connectivity index (χ0v) is 14.0. The summed E-state index contributed by atoms with van der Waals surface area (Å²) in [6.07, 6.45) is 7.22. The summed E-state index contributed by atoms with van der Waals surface area (Å²) >= 11 is 1.76. The molecule has 1 aromatic carbocycles. The molecule has 2 N–H and O–H groups in total. The van der Waals surface area contributed by atoms with Crippen LogP contribution < -0.4 is 10.6 Å². The number of carbonyl (C=O) groups excluding carboxylic acids is 1. The summed E-state index contributed by atoms with van der Waals surface area (Å²) in [5, 5.41) is 7.57. The van der Waals surface area contributed by atoms with Gasteiger partial charge in [0.25, 0.3) is 5.91 Å². The zero-order valence-electron chi connectivity index (χ0n) is 13.1. The first-order valence-electron chi connectivity index (χ1n) is 8.16. The van der Waals surface area contributed by atoms with Crippen molar-refractivity contribution >= 4 is 28.3 Å². The molecule has 0 saturated carbocycles. The summed E-state index contributed by atoms with van der Waals surface area (Å²) in [5.41, 5.74) is 3.30. The second-order valence-electron chi connectivity index (χ2n) is 6.42. The molecule has 1 aliphatic carbocycles. The van der Waals surface area contributed by atoms with Gasteiger partial charge in [-0.05, 0) is 42.4 Å². The van der Waals surface area contributed by atoms with Crippen LogP contribution in [0, 0.1) is 5.92 Å². The van der Waals surface area contributed by atoms with Crippen LogP contribution in [0.3, 0.4) is 0 Å². The van der Waals surface area contributed by atoms with E-state index in [1.165, 1.54) is 16.9 Å². The Labute approximate surface area is 140 Å². The molecule has 1 aliphatic heterocycles. The number of hydrogen-bond acceptors (Lipinski definition) is 3. The molecular weight excluding hydrogens is 304 g/mol. The van der Waals surface area contributed by atoms with Gasteiger partial charge in [-0.2, -0.15) is 0 Å². The molecule has 0 saturated heterocycles. The molecule has 2 aliphatic rings. The van der Waals surface area contributed by atoms with Crippen molar-refractivity contribution in [1.82, 2.24) is 5.32 Å². The lowest BCUT2D eigenvalue weighted by molar-refractivity contribution is 0.0942. The van der Waals surface area contributed by atoms with Gasteiger partial charge in [0.2, 0.25) is 0 Å². The van der Waals surface area contributed by atoms with Gasteiger partial charge in [0, 0.05) is 4.88 Å². The Bertz CT molecular complexity index is 763. The van der Waals surface area contributed by atoms with Crippen LogP contribution in [0.4, 0.5) is 5.00 Å². The third kappa shape index (κ3) is 2.79. The van der Waals surface area contributed by atoms with Crippen LogP contribution in [0.1, 0.15) is 39.7 Å². The first kappa shape index (κ1) is 14.5. The number of rotatable bonds is 2. The van der Waals surface area contributed by atoms with E-state index in [0.29, 0.717) is 0 Å². The maximum atomic E-state index is 12.5. The molecule has 0 unspecified atom stereocenters. The molecule has 4 heteroatoms. The maximum Gasteiger partial charge on any atom is 0.256 e. The highest BCUT2D eigenvalue weighted by Crippen LogP contribution is 2.41. The van der Waals surface area contributed by atoms with Crippen LogP contribution >= 0.6 is 11.3 Å². The summed E-state index contributed by atoms with van der Waals surface area (Å²) in [6.45, 7) is 2.29. The largest absolute Gasteiger partial charge is 0.353 e. The number of thiophene rings is 1. The number of carbonyl (C=O) groups is 1. The molecule has 3 nitrogen and oxygen atoms in total. The van der Waals surface area contributed by atoms with Crippen molar-refractivity contribution in [2.24, 2.45) is 5.92 Å². The summed E-state index contributed by atoms with van der Waals surface area (Å²) < 4.78 is 0. The Hall–Kier alpha value is -2.07. The minimum atomic E-state index is -0.146. The summed E-state index contributed by atoms with van der Waals surface area (Å²) in [6, 6.07) is 10.1. The van der Waals surface area contributed by atoms with E-state index in [-0.39, 0.29) is 12.1 Å². The normalized spacial score (nSPS) is 23.1. The van der Waals surface area contributed by atoms with E-state index in [0.717, 1.165) is 34.9 Å². The number of hydrogen-bond donors (Lipinski definition) is 2. The molecule has 2 heterocycles. The van der Waals surface area contributed by atoms with E-state index in [4.69, 9.17) is 0 Å². The van der Waals surface area contributed by atoms with Gasteiger partial charge in [0.1, 0.15) is 11.2 Å². The lowest BCUT2D eigenvalue weighted by Gasteiger charge is -2.24. The standard InChI is InChI=1S/C19H20N2OS/c1-12-7-9-14-15(11-12)23-19-17(14)18(22)20-16(21-19)10-8-13-5-3-2-4-6-13/h2-6,8,10,12,16,21H,7,9,11H2,1H3,(H,20,22)/b10-8+/t12-,16-/m1/s1. The number of benzene rings is 1.